The summed E-state index contributed by atoms with van der Waals surface area (Å²) in [6.45, 7) is 6.51. The standard InChI is InChI=1S/C12H13ClN2OS/c1-7-4-8(2)11(9(3)5-7)16-6-10-12(13)17-15-14-10/h4-5H,6H2,1-3H3. The number of ether oxygens (including phenoxy) is 1. The molecule has 17 heavy (non-hydrogen) atoms. The molecule has 2 rings (SSSR count). The van der Waals surface area contributed by atoms with E-state index in [4.69, 9.17) is 16.3 Å². The van der Waals surface area contributed by atoms with Crippen LogP contribution in [0.4, 0.5) is 0 Å². The molecule has 90 valence electrons. The van der Waals surface area contributed by atoms with Gasteiger partial charge in [-0.15, -0.1) is 5.10 Å². The molecule has 0 radical (unpaired) electrons. The second kappa shape index (κ2) is 5.02. The van der Waals surface area contributed by atoms with Crippen molar-refractivity contribution in [2.45, 2.75) is 27.4 Å². The summed E-state index contributed by atoms with van der Waals surface area (Å²) in [5, 5.41) is 3.92. The van der Waals surface area contributed by atoms with Crippen molar-refractivity contribution in [3.63, 3.8) is 0 Å². The van der Waals surface area contributed by atoms with Crippen LogP contribution < -0.4 is 4.74 Å². The third-order valence-electron chi connectivity index (χ3n) is 2.47. The first kappa shape index (κ1) is 12.3. The Morgan fingerprint density at radius 1 is 1.24 bits per heavy atom. The highest BCUT2D eigenvalue weighted by Crippen LogP contribution is 2.26. The topological polar surface area (TPSA) is 35.0 Å². The Bertz CT molecular complexity index is 516. The van der Waals surface area contributed by atoms with E-state index >= 15 is 0 Å². The molecule has 3 nitrogen and oxygen atoms in total. The van der Waals surface area contributed by atoms with E-state index in [-0.39, 0.29) is 0 Å². The molecule has 0 saturated carbocycles. The average Bonchev–Trinajstić information content (AvgIpc) is 2.62. The zero-order valence-corrected chi connectivity index (χ0v) is 11.5. The van der Waals surface area contributed by atoms with Gasteiger partial charge in [-0.05, 0) is 31.9 Å². The Morgan fingerprint density at radius 2 is 1.88 bits per heavy atom. The lowest BCUT2D eigenvalue weighted by molar-refractivity contribution is 0.297. The Hall–Kier alpha value is -1.13. The number of hydrogen-bond donors (Lipinski definition) is 0. The van der Waals surface area contributed by atoms with Gasteiger partial charge >= 0.3 is 0 Å². The van der Waals surface area contributed by atoms with Gasteiger partial charge in [-0.3, -0.25) is 0 Å². The monoisotopic (exact) mass is 268 g/mol. The maximum atomic E-state index is 5.92. The van der Waals surface area contributed by atoms with Crippen LogP contribution >= 0.6 is 23.1 Å². The quantitative estimate of drug-likeness (QED) is 0.851. The Kier molecular flexibility index (Phi) is 3.64. The summed E-state index contributed by atoms with van der Waals surface area (Å²) >= 11 is 7.10. The van der Waals surface area contributed by atoms with Gasteiger partial charge < -0.3 is 4.74 Å². The molecule has 5 heteroatoms. The molecule has 1 heterocycles. The van der Waals surface area contributed by atoms with E-state index < -0.39 is 0 Å². The van der Waals surface area contributed by atoms with Crippen LogP contribution in [-0.2, 0) is 6.61 Å². The van der Waals surface area contributed by atoms with E-state index in [1.807, 2.05) is 13.8 Å². The molecule has 2 aromatic rings. The van der Waals surface area contributed by atoms with Crippen molar-refractivity contribution in [1.29, 1.82) is 0 Å². The van der Waals surface area contributed by atoms with Crippen molar-refractivity contribution in [2.75, 3.05) is 0 Å². The molecule has 0 amide bonds. The Morgan fingerprint density at radius 3 is 2.41 bits per heavy atom. The van der Waals surface area contributed by atoms with Crippen molar-refractivity contribution in [3.05, 3.63) is 38.9 Å². The van der Waals surface area contributed by atoms with Crippen molar-refractivity contribution in [2.24, 2.45) is 0 Å². The minimum absolute atomic E-state index is 0.361. The Labute approximate surface area is 110 Å². The number of hydrogen-bond acceptors (Lipinski definition) is 4. The van der Waals surface area contributed by atoms with Gasteiger partial charge in [0.2, 0.25) is 0 Å². The van der Waals surface area contributed by atoms with Gasteiger partial charge in [0.25, 0.3) is 0 Å². The fourth-order valence-electron chi connectivity index (χ4n) is 1.82. The highest BCUT2D eigenvalue weighted by Gasteiger charge is 2.09. The summed E-state index contributed by atoms with van der Waals surface area (Å²) in [6.07, 6.45) is 0. The fraction of sp³-hybridized carbons (Fsp3) is 0.333. The molecule has 1 aromatic heterocycles. The van der Waals surface area contributed by atoms with Gasteiger partial charge in [-0.25, -0.2) is 0 Å². The van der Waals surface area contributed by atoms with E-state index in [9.17, 15) is 0 Å². The molecule has 0 aliphatic rings. The molecule has 0 atom stereocenters. The summed E-state index contributed by atoms with van der Waals surface area (Å²) in [5.74, 6) is 0.902. The third kappa shape index (κ3) is 2.76. The summed E-state index contributed by atoms with van der Waals surface area (Å²) in [5.41, 5.74) is 4.18. The summed E-state index contributed by atoms with van der Waals surface area (Å²) in [7, 11) is 0. The molecule has 0 spiro atoms. The van der Waals surface area contributed by atoms with E-state index in [1.54, 1.807) is 0 Å². The van der Waals surface area contributed by atoms with Gasteiger partial charge in [0, 0.05) is 11.5 Å². The number of benzene rings is 1. The first-order valence-corrected chi connectivity index (χ1v) is 6.40. The number of aryl methyl sites for hydroxylation is 3. The molecule has 0 N–H and O–H groups in total. The smallest absolute Gasteiger partial charge is 0.141 e. The molecule has 0 bridgehead atoms. The molecular formula is C12H13ClN2OS. The minimum atomic E-state index is 0.361. The summed E-state index contributed by atoms with van der Waals surface area (Å²) in [4.78, 5) is 0. The van der Waals surface area contributed by atoms with Crippen molar-refractivity contribution < 1.29 is 4.74 Å². The first-order valence-electron chi connectivity index (χ1n) is 5.25. The second-order valence-corrected chi connectivity index (χ2v) is 5.37. The lowest BCUT2D eigenvalue weighted by Crippen LogP contribution is -2.00. The third-order valence-corrected chi connectivity index (χ3v) is 3.45. The largest absolute Gasteiger partial charge is 0.487 e. The zero-order chi connectivity index (χ0) is 12.4. The van der Waals surface area contributed by atoms with Crippen LogP contribution in [0.5, 0.6) is 5.75 Å². The van der Waals surface area contributed by atoms with Crippen LogP contribution in [0.25, 0.3) is 0 Å². The maximum Gasteiger partial charge on any atom is 0.141 e. The number of rotatable bonds is 3. The number of aromatic nitrogens is 2. The molecule has 1 aromatic carbocycles. The van der Waals surface area contributed by atoms with Crippen LogP contribution in [0.2, 0.25) is 4.34 Å². The molecule has 0 saturated heterocycles. The SMILES string of the molecule is Cc1cc(C)c(OCc2nnsc2Cl)c(C)c1. The molecular weight excluding hydrogens is 256 g/mol. The zero-order valence-electron chi connectivity index (χ0n) is 9.95. The highest BCUT2D eigenvalue weighted by atomic mass is 35.5. The summed E-state index contributed by atoms with van der Waals surface area (Å²) in [6, 6.07) is 4.20. The van der Waals surface area contributed by atoms with E-state index in [1.165, 1.54) is 17.1 Å². The second-order valence-electron chi connectivity index (χ2n) is 4.01. The minimum Gasteiger partial charge on any atom is -0.487 e. The molecule has 0 aliphatic heterocycles. The average molecular weight is 269 g/mol. The normalized spacial score (nSPS) is 10.6. The van der Waals surface area contributed by atoms with Crippen LogP contribution in [0.1, 0.15) is 22.4 Å². The van der Waals surface area contributed by atoms with Crippen molar-refractivity contribution >= 4 is 23.1 Å². The Balaban J connectivity index is 2.17. The maximum absolute atomic E-state index is 5.92. The van der Waals surface area contributed by atoms with Crippen LogP contribution in [0.15, 0.2) is 12.1 Å². The number of halogens is 1. The molecule has 0 fully saturated rings. The first-order chi connectivity index (χ1) is 8.08. The van der Waals surface area contributed by atoms with Gasteiger partial charge in [0.05, 0.1) is 0 Å². The van der Waals surface area contributed by atoms with E-state index in [0.717, 1.165) is 16.9 Å². The van der Waals surface area contributed by atoms with E-state index in [2.05, 4.69) is 28.6 Å². The van der Waals surface area contributed by atoms with Gasteiger partial charge in [0.15, 0.2) is 0 Å². The molecule has 0 aliphatic carbocycles. The summed E-state index contributed by atoms with van der Waals surface area (Å²) < 4.78 is 10.1. The van der Waals surface area contributed by atoms with Gasteiger partial charge in [-0.1, -0.05) is 33.8 Å². The predicted molar refractivity (Wildman–Crippen MR) is 69.9 cm³/mol. The van der Waals surface area contributed by atoms with Crippen LogP contribution in [0, 0.1) is 20.8 Å². The number of nitrogens with zero attached hydrogens (tertiary/aromatic N) is 2. The van der Waals surface area contributed by atoms with Gasteiger partial charge in [-0.2, -0.15) is 0 Å². The molecule has 0 unspecified atom stereocenters. The van der Waals surface area contributed by atoms with E-state index in [0.29, 0.717) is 16.6 Å². The highest BCUT2D eigenvalue weighted by molar-refractivity contribution is 7.10. The lowest BCUT2D eigenvalue weighted by Gasteiger charge is -2.12. The van der Waals surface area contributed by atoms with Crippen LogP contribution in [-0.4, -0.2) is 9.59 Å². The van der Waals surface area contributed by atoms with Crippen molar-refractivity contribution in [1.82, 2.24) is 9.59 Å². The van der Waals surface area contributed by atoms with Gasteiger partial charge in [0.1, 0.15) is 22.4 Å². The van der Waals surface area contributed by atoms with Crippen LogP contribution in [0.3, 0.4) is 0 Å². The lowest BCUT2D eigenvalue weighted by atomic mass is 10.1. The van der Waals surface area contributed by atoms with Crippen molar-refractivity contribution in [3.8, 4) is 5.75 Å². The fourth-order valence-corrected chi connectivity index (χ4v) is 2.42. The predicted octanol–water partition coefficient (Wildman–Crippen LogP) is 3.70.